The van der Waals surface area contributed by atoms with Gasteiger partial charge in [0.15, 0.2) is 0 Å². The predicted molar refractivity (Wildman–Crippen MR) is 108 cm³/mol. The summed E-state index contributed by atoms with van der Waals surface area (Å²) in [5.74, 6) is -0.490. The van der Waals surface area contributed by atoms with E-state index in [0.717, 1.165) is 12.1 Å². The Kier molecular flexibility index (Phi) is 6.88. The summed E-state index contributed by atoms with van der Waals surface area (Å²) in [6, 6.07) is 0. The number of rotatable bonds is 4. The molecule has 2 N–H and O–H groups in total. The van der Waals surface area contributed by atoms with Crippen LogP contribution in [0.5, 0.6) is 0 Å². The van der Waals surface area contributed by atoms with Crippen molar-refractivity contribution in [2.45, 2.75) is 46.6 Å². The van der Waals surface area contributed by atoms with Crippen LogP contribution < -0.4 is 5.32 Å². The van der Waals surface area contributed by atoms with E-state index in [4.69, 9.17) is 4.74 Å². The van der Waals surface area contributed by atoms with Gasteiger partial charge in [-0.05, 0) is 40.3 Å². The minimum atomic E-state index is -1.01. The highest BCUT2D eigenvalue weighted by Gasteiger charge is 2.30. The van der Waals surface area contributed by atoms with E-state index in [0.29, 0.717) is 37.6 Å². The quantitative estimate of drug-likeness (QED) is 0.766. The summed E-state index contributed by atoms with van der Waals surface area (Å²) in [7, 11) is 0. The van der Waals surface area contributed by atoms with Gasteiger partial charge in [-0.2, -0.15) is 0 Å². The van der Waals surface area contributed by atoms with Crippen LogP contribution in [-0.2, 0) is 9.53 Å². The van der Waals surface area contributed by atoms with Gasteiger partial charge in [-0.25, -0.2) is 14.6 Å². The molecule has 0 unspecified atom stereocenters. The fourth-order valence-electron chi connectivity index (χ4n) is 2.99. The monoisotopic (exact) mass is 390 g/mol. The number of carbonyl (C=O) groups excluding carboxylic acids is 1. The molecule has 1 amide bonds. The van der Waals surface area contributed by atoms with E-state index in [-0.39, 0.29) is 11.7 Å². The number of piperazine rings is 1. The number of ether oxygens (including phenoxy) is 1. The van der Waals surface area contributed by atoms with Crippen LogP contribution in [0.3, 0.4) is 0 Å². The summed E-state index contributed by atoms with van der Waals surface area (Å²) < 4.78 is 5.43. The van der Waals surface area contributed by atoms with Gasteiger partial charge >= 0.3 is 12.1 Å². The average Bonchev–Trinajstić information content (AvgIpc) is 3.04. The number of amidine groups is 1. The third-order valence-electron chi connectivity index (χ3n) is 4.40. The van der Waals surface area contributed by atoms with E-state index in [1.54, 1.807) is 11.1 Å². The van der Waals surface area contributed by atoms with Crippen LogP contribution in [-0.4, -0.2) is 64.6 Å². The van der Waals surface area contributed by atoms with Gasteiger partial charge in [0.25, 0.3) is 0 Å². The first-order valence-corrected chi connectivity index (χ1v) is 9.51. The molecular weight excluding hydrogens is 360 g/mol. The molecule has 154 valence electrons. The molecule has 0 aromatic heterocycles. The fraction of sp³-hybridized carbons (Fsp3) is 0.550. The Hall–Kier alpha value is -2.77. The second kappa shape index (κ2) is 8.95. The SMILES string of the molecule is CC/C=C/NC1=NC=C(C(=O)O)/C1=C(/C)N1CCN(C(=O)OC(C)(C)C)CC1. The molecule has 8 heteroatoms. The Morgan fingerprint density at radius 3 is 2.39 bits per heavy atom. The summed E-state index contributed by atoms with van der Waals surface area (Å²) >= 11 is 0. The molecule has 0 spiro atoms. The Morgan fingerprint density at radius 1 is 1.25 bits per heavy atom. The first-order chi connectivity index (χ1) is 13.1. The number of hydrogen-bond donors (Lipinski definition) is 2. The Balaban J connectivity index is 2.12. The summed E-state index contributed by atoms with van der Waals surface area (Å²) in [6.07, 6.45) is 5.63. The van der Waals surface area contributed by atoms with Gasteiger partial charge in [0.1, 0.15) is 11.4 Å². The molecule has 0 radical (unpaired) electrons. The van der Waals surface area contributed by atoms with Crippen LogP contribution in [0.15, 0.2) is 40.3 Å². The number of hydrogen-bond acceptors (Lipinski definition) is 6. The van der Waals surface area contributed by atoms with Crippen molar-refractivity contribution in [2.24, 2.45) is 4.99 Å². The van der Waals surface area contributed by atoms with Crippen molar-refractivity contribution in [1.29, 1.82) is 0 Å². The maximum atomic E-state index is 12.2. The molecule has 0 bridgehead atoms. The van der Waals surface area contributed by atoms with Gasteiger partial charge in [0.2, 0.25) is 0 Å². The van der Waals surface area contributed by atoms with Crippen LogP contribution in [0.2, 0.25) is 0 Å². The van der Waals surface area contributed by atoms with Crippen LogP contribution >= 0.6 is 0 Å². The number of allylic oxidation sites excluding steroid dienone is 2. The average molecular weight is 390 g/mol. The molecule has 2 rings (SSSR count). The lowest BCUT2D eigenvalue weighted by Crippen LogP contribution is -2.49. The lowest BCUT2D eigenvalue weighted by atomic mass is 10.0. The maximum absolute atomic E-state index is 12.2. The molecule has 28 heavy (non-hydrogen) atoms. The number of aliphatic imine (C=N–C) groups is 1. The van der Waals surface area contributed by atoms with Crippen molar-refractivity contribution in [2.75, 3.05) is 26.2 Å². The zero-order valence-corrected chi connectivity index (χ0v) is 17.3. The van der Waals surface area contributed by atoms with Gasteiger partial charge in [0.05, 0.1) is 11.1 Å². The smallest absolute Gasteiger partial charge is 0.410 e. The van der Waals surface area contributed by atoms with Crippen molar-refractivity contribution in [3.05, 3.63) is 35.3 Å². The van der Waals surface area contributed by atoms with E-state index >= 15 is 0 Å². The first kappa shape index (κ1) is 21.5. The summed E-state index contributed by atoms with van der Waals surface area (Å²) in [5, 5.41) is 12.6. The summed E-state index contributed by atoms with van der Waals surface area (Å²) in [5.41, 5.74) is 1.05. The van der Waals surface area contributed by atoms with Crippen molar-refractivity contribution in [3.63, 3.8) is 0 Å². The van der Waals surface area contributed by atoms with Gasteiger partial charge in [-0.3, -0.25) is 0 Å². The molecule has 0 aromatic carbocycles. The molecule has 1 saturated heterocycles. The van der Waals surface area contributed by atoms with E-state index < -0.39 is 11.6 Å². The Labute approximate surface area is 166 Å². The minimum absolute atomic E-state index is 0.166. The Morgan fingerprint density at radius 2 is 1.86 bits per heavy atom. The third kappa shape index (κ3) is 5.37. The molecular formula is C20H30N4O4. The zero-order valence-electron chi connectivity index (χ0n) is 17.3. The van der Waals surface area contributed by atoms with E-state index in [1.807, 2.05) is 40.7 Å². The van der Waals surface area contributed by atoms with Gasteiger partial charge < -0.3 is 25.0 Å². The molecule has 8 nitrogen and oxygen atoms in total. The van der Waals surface area contributed by atoms with Crippen molar-refractivity contribution in [1.82, 2.24) is 15.1 Å². The Bertz CT molecular complexity index is 736. The number of aliphatic carboxylic acids is 1. The van der Waals surface area contributed by atoms with Gasteiger partial charge in [-0.1, -0.05) is 13.0 Å². The second-order valence-electron chi connectivity index (χ2n) is 7.70. The van der Waals surface area contributed by atoms with E-state index in [1.165, 1.54) is 6.20 Å². The molecule has 0 atom stereocenters. The second-order valence-corrected chi connectivity index (χ2v) is 7.70. The van der Waals surface area contributed by atoms with Crippen LogP contribution in [0, 0.1) is 0 Å². The topological polar surface area (TPSA) is 94.5 Å². The number of nitrogens with zero attached hydrogens (tertiary/aromatic N) is 3. The summed E-state index contributed by atoms with van der Waals surface area (Å²) in [6.45, 7) is 11.7. The fourth-order valence-corrected chi connectivity index (χ4v) is 2.99. The molecule has 2 heterocycles. The van der Waals surface area contributed by atoms with Crippen LogP contribution in [0.1, 0.15) is 41.0 Å². The highest BCUT2D eigenvalue weighted by molar-refractivity contribution is 6.14. The maximum Gasteiger partial charge on any atom is 0.410 e. The largest absolute Gasteiger partial charge is 0.478 e. The highest BCUT2D eigenvalue weighted by Crippen LogP contribution is 2.25. The molecule has 0 aromatic rings. The van der Waals surface area contributed by atoms with E-state index in [2.05, 4.69) is 15.2 Å². The van der Waals surface area contributed by atoms with Gasteiger partial charge in [0, 0.05) is 38.1 Å². The number of carboxylic acid groups (broad SMARTS) is 1. The number of nitrogens with one attached hydrogen (secondary N) is 1. The minimum Gasteiger partial charge on any atom is -0.478 e. The molecule has 2 aliphatic rings. The lowest BCUT2D eigenvalue weighted by molar-refractivity contribution is -0.132. The standard InChI is InChI=1S/C20H30N4O4/c1-6-7-8-21-17-16(15(13-22-17)18(25)26)14(2)23-9-11-24(12-10-23)19(27)28-20(3,4)5/h7-8,13H,6,9-12H2,1-5H3,(H,21,22)(H,25,26)/b8-7+,16-14+. The molecule has 2 aliphatic heterocycles. The predicted octanol–water partition coefficient (Wildman–Crippen LogP) is 2.71. The van der Waals surface area contributed by atoms with Crippen molar-refractivity contribution in [3.8, 4) is 0 Å². The lowest BCUT2D eigenvalue weighted by Gasteiger charge is -2.37. The zero-order chi connectivity index (χ0) is 20.9. The number of carboxylic acids is 1. The van der Waals surface area contributed by atoms with Crippen LogP contribution in [0.4, 0.5) is 4.79 Å². The van der Waals surface area contributed by atoms with Gasteiger partial charge in [-0.15, -0.1) is 0 Å². The molecule has 0 aliphatic carbocycles. The molecule has 0 saturated carbocycles. The first-order valence-electron chi connectivity index (χ1n) is 9.51. The number of carbonyl (C=O) groups is 2. The van der Waals surface area contributed by atoms with Crippen LogP contribution in [0.25, 0.3) is 0 Å². The third-order valence-corrected chi connectivity index (χ3v) is 4.40. The normalized spacial score (nSPS) is 19.5. The van der Waals surface area contributed by atoms with Crippen molar-refractivity contribution >= 4 is 17.9 Å². The highest BCUT2D eigenvalue weighted by atomic mass is 16.6. The molecule has 1 fully saturated rings. The van der Waals surface area contributed by atoms with Crippen molar-refractivity contribution < 1.29 is 19.4 Å². The summed E-state index contributed by atoms with van der Waals surface area (Å²) in [4.78, 5) is 31.9. The van der Waals surface area contributed by atoms with E-state index in [9.17, 15) is 14.7 Å². The number of amides is 1.